The monoisotopic (exact) mass is 318 g/mol. The van der Waals surface area contributed by atoms with E-state index in [4.69, 9.17) is 16.3 Å². The molecule has 1 heterocycles. The number of methoxy groups -OCH3 is 1. The first-order chi connectivity index (χ1) is 9.20. The van der Waals surface area contributed by atoms with Gasteiger partial charge in [-0.3, -0.25) is 4.79 Å². The van der Waals surface area contributed by atoms with Gasteiger partial charge >= 0.3 is 0 Å². The number of nitrogens with one attached hydrogen (secondary N) is 2. The Labute approximate surface area is 130 Å². The molecule has 1 aliphatic heterocycles. The van der Waals surface area contributed by atoms with E-state index in [-0.39, 0.29) is 24.4 Å². The largest absolute Gasteiger partial charge is 0.496 e. The van der Waals surface area contributed by atoms with Crippen LogP contribution in [0.15, 0.2) is 18.2 Å². The quantitative estimate of drug-likeness (QED) is 0.897. The molecule has 1 aliphatic rings. The molecule has 6 heteroatoms. The number of ether oxygens (including phenoxy) is 1. The highest BCUT2D eigenvalue weighted by atomic mass is 35.5. The molecule has 112 valence electrons. The summed E-state index contributed by atoms with van der Waals surface area (Å²) in [7, 11) is 1.60. The fourth-order valence-corrected chi connectivity index (χ4v) is 2.41. The predicted molar refractivity (Wildman–Crippen MR) is 82.7 cm³/mol. The summed E-state index contributed by atoms with van der Waals surface area (Å²) in [6.07, 6.45) is 3.16. The van der Waals surface area contributed by atoms with Crippen molar-refractivity contribution in [1.29, 1.82) is 0 Å². The molecule has 1 saturated heterocycles. The van der Waals surface area contributed by atoms with E-state index < -0.39 is 0 Å². The van der Waals surface area contributed by atoms with Gasteiger partial charge in [0, 0.05) is 17.1 Å². The molecular weight excluding hydrogens is 299 g/mol. The van der Waals surface area contributed by atoms with Crippen LogP contribution < -0.4 is 15.4 Å². The Morgan fingerprint density at radius 1 is 1.50 bits per heavy atom. The van der Waals surface area contributed by atoms with Crippen LogP contribution >= 0.6 is 24.0 Å². The zero-order chi connectivity index (χ0) is 13.7. The van der Waals surface area contributed by atoms with Gasteiger partial charge in [-0.2, -0.15) is 0 Å². The Morgan fingerprint density at radius 3 is 2.95 bits per heavy atom. The Hall–Kier alpha value is -0.970. The van der Waals surface area contributed by atoms with Crippen LogP contribution in [-0.4, -0.2) is 25.6 Å². The van der Waals surface area contributed by atoms with Gasteiger partial charge in [0.1, 0.15) is 5.75 Å². The second-order valence-electron chi connectivity index (χ2n) is 4.68. The number of benzene rings is 1. The summed E-state index contributed by atoms with van der Waals surface area (Å²) in [5, 5.41) is 6.79. The first kappa shape index (κ1) is 17.1. The van der Waals surface area contributed by atoms with Crippen LogP contribution in [0.1, 0.15) is 24.8 Å². The lowest BCUT2D eigenvalue weighted by Crippen LogP contribution is -2.46. The van der Waals surface area contributed by atoms with Gasteiger partial charge in [-0.1, -0.05) is 24.1 Å². The number of hydrogen-bond acceptors (Lipinski definition) is 3. The highest BCUT2D eigenvalue weighted by Crippen LogP contribution is 2.22. The van der Waals surface area contributed by atoms with Crippen LogP contribution in [-0.2, 0) is 11.3 Å². The molecule has 1 fully saturated rings. The summed E-state index contributed by atoms with van der Waals surface area (Å²) in [5.74, 6) is 0.751. The van der Waals surface area contributed by atoms with Crippen LogP contribution in [0, 0.1) is 0 Å². The van der Waals surface area contributed by atoms with Crippen molar-refractivity contribution in [2.75, 3.05) is 13.7 Å². The number of hydrogen-bond donors (Lipinski definition) is 2. The molecule has 1 aromatic rings. The van der Waals surface area contributed by atoms with Crippen LogP contribution in [0.25, 0.3) is 0 Å². The maximum atomic E-state index is 12.0. The molecule has 0 aliphatic carbocycles. The van der Waals surface area contributed by atoms with Crippen molar-refractivity contribution >= 4 is 29.9 Å². The van der Waals surface area contributed by atoms with E-state index in [9.17, 15) is 4.79 Å². The number of carbonyl (C=O) groups is 1. The molecule has 20 heavy (non-hydrogen) atoms. The maximum Gasteiger partial charge on any atom is 0.237 e. The minimum atomic E-state index is -0.0629. The van der Waals surface area contributed by atoms with E-state index in [0.717, 1.165) is 31.4 Å². The van der Waals surface area contributed by atoms with Gasteiger partial charge < -0.3 is 15.4 Å². The first-order valence-electron chi connectivity index (χ1n) is 6.54. The van der Waals surface area contributed by atoms with E-state index >= 15 is 0 Å². The molecule has 0 aromatic heterocycles. The molecule has 0 radical (unpaired) electrons. The van der Waals surface area contributed by atoms with Gasteiger partial charge in [0.25, 0.3) is 0 Å². The third kappa shape index (κ3) is 4.54. The summed E-state index contributed by atoms with van der Waals surface area (Å²) in [6.45, 7) is 1.37. The summed E-state index contributed by atoms with van der Waals surface area (Å²) in [5.41, 5.74) is 0.927. The van der Waals surface area contributed by atoms with Crippen molar-refractivity contribution in [3.63, 3.8) is 0 Å². The molecule has 1 aromatic carbocycles. The van der Waals surface area contributed by atoms with Crippen molar-refractivity contribution in [3.05, 3.63) is 28.8 Å². The second-order valence-corrected chi connectivity index (χ2v) is 5.11. The van der Waals surface area contributed by atoms with Gasteiger partial charge in [-0.05, 0) is 31.5 Å². The predicted octanol–water partition coefficient (Wildman–Crippen LogP) is 2.53. The lowest BCUT2D eigenvalue weighted by Gasteiger charge is -2.22. The van der Waals surface area contributed by atoms with Crippen molar-refractivity contribution < 1.29 is 9.53 Å². The van der Waals surface area contributed by atoms with Crippen molar-refractivity contribution in [2.45, 2.75) is 31.8 Å². The smallest absolute Gasteiger partial charge is 0.237 e. The topological polar surface area (TPSA) is 50.4 Å². The normalized spacial score (nSPS) is 18.0. The third-order valence-corrected chi connectivity index (χ3v) is 3.56. The molecule has 0 bridgehead atoms. The van der Waals surface area contributed by atoms with E-state index in [2.05, 4.69) is 10.6 Å². The van der Waals surface area contributed by atoms with Crippen LogP contribution in [0.3, 0.4) is 0 Å². The zero-order valence-corrected chi connectivity index (χ0v) is 13.0. The number of carbonyl (C=O) groups excluding carboxylic acids is 1. The third-order valence-electron chi connectivity index (χ3n) is 3.33. The van der Waals surface area contributed by atoms with E-state index in [1.54, 1.807) is 19.2 Å². The number of amides is 1. The number of piperidine rings is 1. The minimum absolute atomic E-state index is 0. The molecule has 2 rings (SSSR count). The van der Waals surface area contributed by atoms with Gasteiger partial charge in [0.05, 0.1) is 13.2 Å². The van der Waals surface area contributed by atoms with E-state index in [1.165, 1.54) is 0 Å². The first-order valence-corrected chi connectivity index (χ1v) is 6.92. The highest BCUT2D eigenvalue weighted by Gasteiger charge is 2.20. The fourth-order valence-electron chi connectivity index (χ4n) is 2.25. The second kappa shape index (κ2) is 8.35. The maximum absolute atomic E-state index is 12.0. The molecule has 4 nitrogen and oxygen atoms in total. The van der Waals surface area contributed by atoms with Crippen LogP contribution in [0.5, 0.6) is 5.75 Å². The van der Waals surface area contributed by atoms with Gasteiger partial charge in [0.2, 0.25) is 5.91 Å². The molecule has 1 amide bonds. The SMILES string of the molecule is COc1cc(Cl)ccc1CNC(=O)C1CCCCN1.Cl. The van der Waals surface area contributed by atoms with Crippen molar-refractivity contribution in [1.82, 2.24) is 10.6 Å². The standard InChI is InChI=1S/C14H19ClN2O2.ClH/c1-19-13-8-11(15)6-5-10(13)9-17-14(18)12-4-2-3-7-16-12;/h5-6,8,12,16H,2-4,7,9H2,1H3,(H,17,18);1H. The fraction of sp³-hybridized carbons (Fsp3) is 0.500. The lowest BCUT2D eigenvalue weighted by molar-refractivity contribution is -0.123. The average molecular weight is 319 g/mol. The number of rotatable bonds is 4. The van der Waals surface area contributed by atoms with Gasteiger partial charge in [-0.25, -0.2) is 0 Å². The lowest BCUT2D eigenvalue weighted by atomic mass is 10.0. The van der Waals surface area contributed by atoms with E-state index in [1.807, 2.05) is 6.07 Å². The molecule has 1 atom stereocenters. The van der Waals surface area contributed by atoms with E-state index in [0.29, 0.717) is 17.3 Å². The van der Waals surface area contributed by atoms with Gasteiger partial charge in [-0.15, -0.1) is 12.4 Å². The average Bonchev–Trinajstić information content (AvgIpc) is 2.46. The summed E-state index contributed by atoms with van der Waals surface area (Å²) < 4.78 is 5.25. The summed E-state index contributed by atoms with van der Waals surface area (Å²) >= 11 is 5.90. The Kier molecular flexibility index (Phi) is 7.13. The molecule has 2 N–H and O–H groups in total. The number of halogens is 2. The molecule has 0 saturated carbocycles. The van der Waals surface area contributed by atoms with Crippen LogP contribution in [0.2, 0.25) is 5.02 Å². The highest BCUT2D eigenvalue weighted by molar-refractivity contribution is 6.30. The van der Waals surface area contributed by atoms with Gasteiger partial charge in [0.15, 0.2) is 0 Å². The van der Waals surface area contributed by atoms with Crippen molar-refractivity contribution in [2.24, 2.45) is 0 Å². The summed E-state index contributed by atoms with van der Waals surface area (Å²) in [6, 6.07) is 5.36. The minimum Gasteiger partial charge on any atom is -0.496 e. The molecular formula is C14H20Cl2N2O2. The van der Waals surface area contributed by atoms with Crippen LogP contribution in [0.4, 0.5) is 0 Å². The Bertz CT molecular complexity index is 449. The molecule has 0 spiro atoms. The zero-order valence-electron chi connectivity index (χ0n) is 11.4. The molecule has 1 unspecified atom stereocenters. The Balaban J connectivity index is 0.00000200. The van der Waals surface area contributed by atoms with Crippen molar-refractivity contribution in [3.8, 4) is 5.75 Å². The summed E-state index contributed by atoms with van der Waals surface area (Å²) in [4.78, 5) is 12.0. The Morgan fingerprint density at radius 2 is 2.30 bits per heavy atom.